The fourth-order valence-electron chi connectivity index (χ4n) is 3.05. The van der Waals surface area contributed by atoms with Gasteiger partial charge in [0.15, 0.2) is 11.5 Å². The average molecular weight is 313 g/mol. The largest absolute Gasteiger partial charge is 0.486 e. The molecule has 0 bridgehead atoms. The highest BCUT2D eigenvalue weighted by molar-refractivity contribution is 6.32. The smallest absolute Gasteiger partial charge is 0.179 e. The minimum absolute atomic E-state index is 0.124. The van der Waals surface area contributed by atoms with Gasteiger partial charge in [0, 0.05) is 32.8 Å². The molecule has 1 fully saturated rings. The summed E-state index contributed by atoms with van der Waals surface area (Å²) in [6, 6.07) is 4.06. The fourth-order valence-corrected chi connectivity index (χ4v) is 3.32. The lowest BCUT2D eigenvalue weighted by Crippen LogP contribution is -2.33. The molecule has 116 valence electrons. The molecule has 0 aliphatic carbocycles. The van der Waals surface area contributed by atoms with E-state index in [9.17, 15) is 0 Å². The van der Waals surface area contributed by atoms with Gasteiger partial charge in [-0.3, -0.25) is 4.90 Å². The number of nitrogens with two attached hydrogens (primary N) is 1. The van der Waals surface area contributed by atoms with Gasteiger partial charge in [-0.1, -0.05) is 11.6 Å². The second-order valence-corrected chi connectivity index (χ2v) is 5.83. The SMILES string of the molecule is COC1CCN(C(CN)c2cc(Cl)c3c(c2)OCCO3)C1. The molecule has 0 radical (unpaired) electrons. The Kier molecular flexibility index (Phi) is 4.54. The first-order valence-corrected chi connectivity index (χ1v) is 7.66. The third-order valence-electron chi connectivity index (χ3n) is 4.18. The zero-order chi connectivity index (χ0) is 14.8. The second-order valence-electron chi connectivity index (χ2n) is 5.42. The Morgan fingerprint density at radius 1 is 1.43 bits per heavy atom. The summed E-state index contributed by atoms with van der Waals surface area (Å²) in [4.78, 5) is 2.34. The highest BCUT2D eigenvalue weighted by Gasteiger charge is 2.30. The van der Waals surface area contributed by atoms with E-state index in [0.29, 0.717) is 36.3 Å². The Hall–Kier alpha value is -1.01. The Labute approximate surface area is 129 Å². The summed E-state index contributed by atoms with van der Waals surface area (Å²) in [5, 5.41) is 0.586. The molecule has 2 heterocycles. The van der Waals surface area contributed by atoms with E-state index in [1.54, 1.807) is 7.11 Å². The van der Waals surface area contributed by atoms with Crippen molar-refractivity contribution >= 4 is 11.6 Å². The lowest BCUT2D eigenvalue weighted by atomic mass is 10.0. The predicted octanol–water partition coefficient (Wildman–Crippen LogP) is 1.83. The maximum absolute atomic E-state index is 6.32. The Morgan fingerprint density at radius 2 is 2.24 bits per heavy atom. The topological polar surface area (TPSA) is 57.0 Å². The third kappa shape index (κ3) is 2.97. The standard InChI is InChI=1S/C15H21ClN2O3/c1-19-11-2-3-18(9-11)13(8-17)10-6-12(16)15-14(7-10)20-4-5-21-15/h6-7,11,13H,2-5,8-9,17H2,1H3. The fraction of sp³-hybridized carbons (Fsp3) is 0.600. The van der Waals surface area contributed by atoms with Gasteiger partial charge in [-0.2, -0.15) is 0 Å². The molecule has 3 rings (SSSR count). The van der Waals surface area contributed by atoms with Gasteiger partial charge in [-0.15, -0.1) is 0 Å². The summed E-state index contributed by atoms with van der Waals surface area (Å²) in [5.41, 5.74) is 7.07. The van der Waals surface area contributed by atoms with E-state index in [1.807, 2.05) is 12.1 Å². The number of benzene rings is 1. The van der Waals surface area contributed by atoms with Crippen LogP contribution in [0.25, 0.3) is 0 Å². The first-order valence-electron chi connectivity index (χ1n) is 7.29. The molecule has 2 atom stereocenters. The average Bonchev–Trinajstić information content (AvgIpc) is 2.97. The van der Waals surface area contributed by atoms with Crippen molar-refractivity contribution in [1.82, 2.24) is 4.90 Å². The van der Waals surface area contributed by atoms with Crippen LogP contribution in [0.2, 0.25) is 5.02 Å². The van der Waals surface area contributed by atoms with E-state index in [4.69, 9.17) is 31.5 Å². The van der Waals surface area contributed by atoms with Gasteiger partial charge >= 0.3 is 0 Å². The van der Waals surface area contributed by atoms with Crippen LogP contribution >= 0.6 is 11.6 Å². The first-order chi connectivity index (χ1) is 10.2. The van der Waals surface area contributed by atoms with Crippen LogP contribution in [0, 0.1) is 0 Å². The summed E-state index contributed by atoms with van der Waals surface area (Å²) in [5.74, 6) is 1.35. The van der Waals surface area contributed by atoms with Gasteiger partial charge in [0.05, 0.1) is 11.1 Å². The van der Waals surface area contributed by atoms with Gasteiger partial charge in [0.2, 0.25) is 0 Å². The maximum atomic E-state index is 6.32. The molecule has 1 aromatic rings. The molecule has 1 saturated heterocycles. The molecular weight excluding hydrogens is 292 g/mol. The van der Waals surface area contributed by atoms with Crippen LogP contribution in [-0.2, 0) is 4.74 Å². The maximum Gasteiger partial charge on any atom is 0.179 e. The molecule has 0 spiro atoms. The van der Waals surface area contributed by atoms with Crippen LogP contribution in [0.4, 0.5) is 0 Å². The molecule has 5 nitrogen and oxygen atoms in total. The van der Waals surface area contributed by atoms with Gasteiger partial charge < -0.3 is 19.9 Å². The number of methoxy groups -OCH3 is 1. The van der Waals surface area contributed by atoms with Gasteiger partial charge in [-0.05, 0) is 24.1 Å². The van der Waals surface area contributed by atoms with Crippen LogP contribution in [0.1, 0.15) is 18.0 Å². The lowest BCUT2D eigenvalue weighted by Gasteiger charge is -2.28. The van der Waals surface area contributed by atoms with E-state index in [1.165, 1.54) is 0 Å². The molecule has 1 aromatic carbocycles. The monoisotopic (exact) mass is 312 g/mol. The molecule has 6 heteroatoms. The minimum Gasteiger partial charge on any atom is -0.486 e. The van der Waals surface area contributed by atoms with Crippen molar-refractivity contribution in [1.29, 1.82) is 0 Å². The van der Waals surface area contributed by atoms with Crippen molar-refractivity contribution in [2.75, 3.05) is 40.0 Å². The number of ether oxygens (including phenoxy) is 3. The van der Waals surface area contributed by atoms with E-state index < -0.39 is 0 Å². The zero-order valence-corrected chi connectivity index (χ0v) is 12.9. The van der Waals surface area contributed by atoms with E-state index >= 15 is 0 Å². The summed E-state index contributed by atoms with van der Waals surface area (Å²) in [7, 11) is 1.76. The number of nitrogens with zero attached hydrogens (tertiary/aromatic N) is 1. The minimum atomic E-state index is 0.124. The number of hydrogen-bond donors (Lipinski definition) is 1. The van der Waals surface area contributed by atoms with Crippen molar-refractivity contribution in [3.63, 3.8) is 0 Å². The number of hydrogen-bond acceptors (Lipinski definition) is 5. The molecule has 2 N–H and O–H groups in total. The van der Waals surface area contributed by atoms with Crippen molar-refractivity contribution in [3.8, 4) is 11.5 Å². The molecule has 0 amide bonds. The quantitative estimate of drug-likeness (QED) is 0.919. The Balaban J connectivity index is 1.85. The molecule has 2 unspecified atom stereocenters. The molecule has 0 aromatic heterocycles. The van der Waals surface area contributed by atoms with Crippen molar-refractivity contribution in [2.24, 2.45) is 5.73 Å². The van der Waals surface area contributed by atoms with Crippen LogP contribution in [0.3, 0.4) is 0 Å². The van der Waals surface area contributed by atoms with E-state index in [2.05, 4.69) is 4.90 Å². The highest BCUT2D eigenvalue weighted by atomic mass is 35.5. The lowest BCUT2D eigenvalue weighted by molar-refractivity contribution is 0.101. The number of fused-ring (bicyclic) bond motifs is 1. The molecular formula is C15H21ClN2O3. The molecule has 2 aliphatic heterocycles. The van der Waals surface area contributed by atoms with Crippen LogP contribution in [-0.4, -0.2) is 51.0 Å². The first kappa shape index (κ1) is 14.9. The van der Waals surface area contributed by atoms with E-state index in [0.717, 1.165) is 25.1 Å². The van der Waals surface area contributed by atoms with Gasteiger partial charge in [0.1, 0.15) is 13.2 Å². The predicted molar refractivity (Wildman–Crippen MR) is 81.2 cm³/mol. The second kappa shape index (κ2) is 6.40. The summed E-state index contributed by atoms with van der Waals surface area (Å²) in [6.07, 6.45) is 1.32. The van der Waals surface area contributed by atoms with Crippen LogP contribution < -0.4 is 15.2 Å². The number of rotatable bonds is 4. The van der Waals surface area contributed by atoms with E-state index in [-0.39, 0.29) is 12.1 Å². The van der Waals surface area contributed by atoms with Crippen molar-refractivity contribution < 1.29 is 14.2 Å². The van der Waals surface area contributed by atoms with Gasteiger partial charge in [-0.25, -0.2) is 0 Å². The highest BCUT2D eigenvalue weighted by Crippen LogP contribution is 2.40. The van der Waals surface area contributed by atoms with Crippen LogP contribution in [0.5, 0.6) is 11.5 Å². The molecule has 2 aliphatic rings. The molecule has 21 heavy (non-hydrogen) atoms. The summed E-state index contributed by atoms with van der Waals surface area (Å²) >= 11 is 6.32. The summed E-state index contributed by atoms with van der Waals surface area (Å²) in [6.45, 7) is 3.49. The summed E-state index contributed by atoms with van der Waals surface area (Å²) < 4.78 is 16.6. The molecule has 0 saturated carbocycles. The van der Waals surface area contributed by atoms with Crippen LogP contribution in [0.15, 0.2) is 12.1 Å². The zero-order valence-electron chi connectivity index (χ0n) is 12.2. The third-order valence-corrected chi connectivity index (χ3v) is 4.46. The van der Waals surface area contributed by atoms with Crippen molar-refractivity contribution in [2.45, 2.75) is 18.6 Å². The number of halogens is 1. The van der Waals surface area contributed by atoms with Gasteiger partial charge in [0.25, 0.3) is 0 Å². The van der Waals surface area contributed by atoms with Crippen molar-refractivity contribution in [3.05, 3.63) is 22.7 Å². The Bertz CT molecular complexity index is 512. The normalized spacial score (nSPS) is 23.3. The Morgan fingerprint density at radius 3 is 2.95 bits per heavy atom. The number of likely N-dealkylation sites (tertiary alicyclic amines) is 1.